The normalized spacial score (nSPS) is 14.3. The molecule has 9 heteroatoms. The summed E-state index contributed by atoms with van der Waals surface area (Å²) >= 11 is 0. The lowest BCUT2D eigenvalue weighted by Crippen LogP contribution is -2.54. The van der Waals surface area contributed by atoms with Gasteiger partial charge in [0.25, 0.3) is 0 Å². The summed E-state index contributed by atoms with van der Waals surface area (Å²) in [5, 5.41) is 3.17. The zero-order chi connectivity index (χ0) is 28.5. The fourth-order valence-electron chi connectivity index (χ4n) is 5.10. The molecule has 0 saturated heterocycles. The number of nitrogens with one attached hydrogen (secondary N) is 1. The van der Waals surface area contributed by atoms with Gasteiger partial charge in [-0.05, 0) is 48.2 Å². The molecule has 0 aliphatic heterocycles. The molecule has 2 amide bonds. The second kappa shape index (κ2) is 13.5. The van der Waals surface area contributed by atoms with Crippen LogP contribution in [-0.4, -0.2) is 57.1 Å². The van der Waals surface area contributed by atoms with Crippen molar-refractivity contribution in [3.8, 4) is 5.75 Å². The van der Waals surface area contributed by atoms with Gasteiger partial charge in [0.15, 0.2) is 0 Å². The van der Waals surface area contributed by atoms with Crippen molar-refractivity contribution in [1.29, 1.82) is 0 Å². The van der Waals surface area contributed by atoms with Crippen molar-refractivity contribution in [2.75, 3.05) is 24.2 Å². The lowest BCUT2D eigenvalue weighted by molar-refractivity contribution is -0.140. The van der Waals surface area contributed by atoms with Gasteiger partial charge in [0.05, 0.1) is 19.1 Å². The van der Waals surface area contributed by atoms with Crippen LogP contribution in [0.3, 0.4) is 0 Å². The Morgan fingerprint density at radius 2 is 1.55 bits per heavy atom. The van der Waals surface area contributed by atoms with E-state index in [1.54, 1.807) is 37.4 Å². The first kappa shape index (κ1) is 29.1. The van der Waals surface area contributed by atoms with Crippen molar-refractivity contribution in [3.05, 3.63) is 96.1 Å². The quantitative estimate of drug-likeness (QED) is 0.357. The molecule has 4 rings (SSSR count). The van der Waals surface area contributed by atoms with Gasteiger partial charge in [0, 0.05) is 19.0 Å². The average Bonchev–Trinajstić information content (AvgIpc) is 3.47. The third-order valence-electron chi connectivity index (χ3n) is 7.18. The molecule has 0 aromatic heterocycles. The van der Waals surface area contributed by atoms with Gasteiger partial charge in [-0.1, -0.05) is 73.5 Å². The van der Waals surface area contributed by atoms with Gasteiger partial charge >= 0.3 is 0 Å². The molecule has 1 aliphatic carbocycles. The molecule has 8 nitrogen and oxygen atoms in total. The average molecular weight is 564 g/mol. The topological polar surface area (TPSA) is 96.0 Å². The molecule has 1 fully saturated rings. The van der Waals surface area contributed by atoms with E-state index >= 15 is 0 Å². The van der Waals surface area contributed by atoms with Gasteiger partial charge in [-0.3, -0.25) is 13.9 Å². The second-order valence-electron chi connectivity index (χ2n) is 10.2. The van der Waals surface area contributed by atoms with Crippen LogP contribution in [0, 0.1) is 0 Å². The van der Waals surface area contributed by atoms with Crippen LogP contribution < -0.4 is 14.4 Å². The summed E-state index contributed by atoms with van der Waals surface area (Å²) in [7, 11) is -2.22. The Morgan fingerprint density at radius 3 is 2.17 bits per heavy atom. The molecule has 1 atom stereocenters. The number of anilines is 1. The number of hydrogen-bond acceptors (Lipinski definition) is 5. The minimum Gasteiger partial charge on any atom is -0.497 e. The molecule has 1 saturated carbocycles. The van der Waals surface area contributed by atoms with Crippen molar-refractivity contribution in [2.24, 2.45) is 0 Å². The Hall–Kier alpha value is -3.85. The first-order valence-electron chi connectivity index (χ1n) is 13.5. The van der Waals surface area contributed by atoms with E-state index in [4.69, 9.17) is 4.74 Å². The highest BCUT2D eigenvalue weighted by Crippen LogP contribution is 2.23. The number of rotatable bonds is 12. The van der Waals surface area contributed by atoms with Crippen LogP contribution in [0.25, 0.3) is 0 Å². The highest BCUT2D eigenvalue weighted by Gasteiger charge is 2.34. The van der Waals surface area contributed by atoms with Crippen LogP contribution in [-0.2, 0) is 32.6 Å². The first-order valence-corrected chi connectivity index (χ1v) is 15.4. The van der Waals surface area contributed by atoms with Gasteiger partial charge < -0.3 is 15.0 Å². The summed E-state index contributed by atoms with van der Waals surface area (Å²) in [5.41, 5.74) is 2.06. The maximum Gasteiger partial charge on any atom is 0.244 e. The molecule has 3 aromatic rings. The number of carbonyl (C=O) groups is 2. The van der Waals surface area contributed by atoms with Crippen molar-refractivity contribution >= 4 is 27.5 Å². The molecule has 0 heterocycles. The Bertz CT molecular complexity index is 1380. The van der Waals surface area contributed by atoms with Crippen molar-refractivity contribution in [3.63, 3.8) is 0 Å². The van der Waals surface area contributed by atoms with Crippen LogP contribution in [0.2, 0.25) is 0 Å². The molecule has 1 unspecified atom stereocenters. The number of methoxy groups -OCH3 is 1. The molecule has 0 radical (unpaired) electrons. The Labute approximate surface area is 237 Å². The van der Waals surface area contributed by atoms with Crippen LogP contribution in [0.4, 0.5) is 5.69 Å². The second-order valence-corrected chi connectivity index (χ2v) is 12.1. The largest absolute Gasteiger partial charge is 0.497 e. The zero-order valence-electron chi connectivity index (χ0n) is 23.0. The zero-order valence-corrected chi connectivity index (χ0v) is 23.8. The lowest BCUT2D eigenvalue weighted by Gasteiger charge is -2.34. The summed E-state index contributed by atoms with van der Waals surface area (Å²) in [5.74, 6) is -0.0841. The number of hydrogen-bond donors (Lipinski definition) is 1. The van der Waals surface area contributed by atoms with Crippen LogP contribution >= 0.6 is 0 Å². The molecule has 3 aromatic carbocycles. The molecule has 212 valence electrons. The van der Waals surface area contributed by atoms with Gasteiger partial charge in [-0.25, -0.2) is 8.42 Å². The number of carbonyl (C=O) groups excluding carboxylic acids is 2. The summed E-state index contributed by atoms with van der Waals surface area (Å²) in [6.45, 7) is -0.327. The predicted molar refractivity (Wildman–Crippen MR) is 157 cm³/mol. The Morgan fingerprint density at radius 1 is 0.925 bits per heavy atom. The van der Waals surface area contributed by atoms with Gasteiger partial charge in [0.1, 0.15) is 18.3 Å². The van der Waals surface area contributed by atoms with E-state index in [1.807, 2.05) is 54.6 Å². The minimum atomic E-state index is -3.79. The molecule has 0 spiro atoms. The minimum absolute atomic E-state index is 0.0661. The van der Waals surface area contributed by atoms with E-state index in [0.717, 1.165) is 47.4 Å². The van der Waals surface area contributed by atoms with Gasteiger partial charge in [0.2, 0.25) is 21.8 Å². The predicted octanol–water partition coefficient (Wildman–Crippen LogP) is 4.16. The fraction of sp³-hybridized carbons (Fsp3) is 0.355. The number of para-hydroxylation sites is 1. The third kappa shape index (κ3) is 7.85. The number of sulfonamides is 1. The third-order valence-corrected chi connectivity index (χ3v) is 8.32. The maximum absolute atomic E-state index is 14.1. The van der Waals surface area contributed by atoms with Crippen molar-refractivity contribution in [2.45, 2.75) is 50.7 Å². The van der Waals surface area contributed by atoms with Gasteiger partial charge in [-0.2, -0.15) is 0 Å². The number of amides is 2. The number of ether oxygens (including phenoxy) is 1. The van der Waals surface area contributed by atoms with E-state index in [2.05, 4.69) is 5.32 Å². The fourth-order valence-corrected chi connectivity index (χ4v) is 5.95. The highest BCUT2D eigenvalue weighted by atomic mass is 32.2. The van der Waals surface area contributed by atoms with Crippen LogP contribution in [0.1, 0.15) is 36.8 Å². The summed E-state index contributed by atoms with van der Waals surface area (Å²) in [4.78, 5) is 29.5. The van der Waals surface area contributed by atoms with Crippen molar-refractivity contribution < 1.29 is 22.7 Å². The van der Waals surface area contributed by atoms with Gasteiger partial charge in [-0.15, -0.1) is 0 Å². The molecule has 1 aliphatic rings. The molecule has 40 heavy (non-hydrogen) atoms. The first-order chi connectivity index (χ1) is 19.2. The van der Waals surface area contributed by atoms with Crippen molar-refractivity contribution in [1.82, 2.24) is 10.2 Å². The standard InChI is InChI=1S/C31H37N3O5S/c1-39-28-19-11-14-25(20-28)22-33(30(35)23-34(40(2,37)38)27-17-7-4-8-18-27)29(21-24-12-5-3-6-13-24)31(36)32-26-15-9-10-16-26/h3-8,11-14,17-20,26,29H,9-10,15-16,21-23H2,1-2H3,(H,32,36). The van der Waals surface area contributed by atoms with Crippen LogP contribution in [0.15, 0.2) is 84.9 Å². The Kier molecular flexibility index (Phi) is 9.82. The molecular formula is C31H37N3O5S. The molecular weight excluding hydrogens is 526 g/mol. The summed E-state index contributed by atoms with van der Waals surface area (Å²) in [6, 6.07) is 24.6. The maximum atomic E-state index is 14.1. The van der Waals surface area contributed by atoms with E-state index in [0.29, 0.717) is 17.9 Å². The summed E-state index contributed by atoms with van der Waals surface area (Å²) in [6.07, 6.45) is 5.29. The van der Waals surface area contributed by atoms with E-state index in [9.17, 15) is 18.0 Å². The lowest BCUT2D eigenvalue weighted by atomic mass is 10.0. The highest BCUT2D eigenvalue weighted by molar-refractivity contribution is 7.92. The van der Waals surface area contributed by atoms with E-state index < -0.39 is 28.5 Å². The number of benzene rings is 3. The number of nitrogens with zero attached hydrogens (tertiary/aromatic N) is 2. The van der Waals surface area contributed by atoms with E-state index in [1.165, 1.54) is 4.90 Å². The molecule has 0 bridgehead atoms. The smallest absolute Gasteiger partial charge is 0.244 e. The van der Waals surface area contributed by atoms with E-state index in [-0.39, 0.29) is 18.5 Å². The SMILES string of the molecule is COc1cccc(CN(C(=O)CN(c2ccccc2)S(C)(=O)=O)C(Cc2ccccc2)C(=O)NC2CCCC2)c1. The Balaban J connectivity index is 1.72. The monoisotopic (exact) mass is 563 g/mol. The molecule has 1 N–H and O–H groups in total. The van der Waals surface area contributed by atoms with Crippen LogP contribution in [0.5, 0.6) is 5.75 Å². The summed E-state index contributed by atoms with van der Waals surface area (Å²) < 4.78 is 32.1.